The van der Waals surface area contributed by atoms with E-state index in [0.717, 1.165) is 17.3 Å². The van der Waals surface area contributed by atoms with Gasteiger partial charge in [-0.3, -0.25) is 14.9 Å². The predicted octanol–water partition coefficient (Wildman–Crippen LogP) is 3.68. The smallest absolute Gasteiger partial charge is 0.286 e. The lowest BCUT2D eigenvalue weighted by Gasteiger charge is -2.25. The van der Waals surface area contributed by atoms with Gasteiger partial charge in [0.1, 0.15) is 23.9 Å². The van der Waals surface area contributed by atoms with Gasteiger partial charge < -0.3 is 20.1 Å². The van der Waals surface area contributed by atoms with Crippen LogP contribution >= 0.6 is 11.8 Å². The Hall–Kier alpha value is -2.71. The molecule has 0 aromatic heterocycles. The highest BCUT2D eigenvalue weighted by Crippen LogP contribution is 2.37. The molecule has 32 heavy (non-hydrogen) atoms. The maximum atomic E-state index is 11.7. The summed E-state index contributed by atoms with van der Waals surface area (Å²) in [6.07, 6.45) is 1.18. The summed E-state index contributed by atoms with van der Waals surface area (Å²) in [7, 11) is 0. The highest BCUT2D eigenvalue weighted by atomic mass is 32.2. The maximum absolute atomic E-state index is 11.7. The van der Waals surface area contributed by atoms with Crippen LogP contribution in [-0.2, 0) is 17.6 Å². The number of benzene rings is 2. The van der Waals surface area contributed by atoms with Gasteiger partial charge in [0.15, 0.2) is 0 Å². The summed E-state index contributed by atoms with van der Waals surface area (Å²) in [5.41, 5.74) is 2.30. The molecule has 1 aliphatic rings. The van der Waals surface area contributed by atoms with Crippen molar-refractivity contribution in [3.63, 3.8) is 0 Å². The first-order valence-electron chi connectivity index (χ1n) is 10.4. The van der Waals surface area contributed by atoms with Crippen LogP contribution in [0, 0.1) is 20.8 Å². The Labute approximate surface area is 191 Å². The SMILES string of the molecule is Cc1c(C)c(O)c(CCC(C)(O)COc2ccc(CC3SC(=O)NC3=O)cc2)c(C)c1O. The summed E-state index contributed by atoms with van der Waals surface area (Å²) in [5, 5.41) is 33.1. The molecule has 1 fully saturated rings. The molecule has 4 N–H and O–H groups in total. The number of aliphatic hydroxyl groups is 1. The van der Waals surface area contributed by atoms with Gasteiger partial charge in [-0.15, -0.1) is 0 Å². The number of carbonyl (C=O) groups is 2. The van der Waals surface area contributed by atoms with Gasteiger partial charge in [-0.05, 0) is 81.3 Å². The molecule has 2 aromatic carbocycles. The quantitative estimate of drug-likeness (QED) is 0.445. The van der Waals surface area contributed by atoms with Crippen molar-refractivity contribution in [2.24, 2.45) is 0 Å². The first-order valence-corrected chi connectivity index (χ1v) is 11.3. The Morgan fingerprint density at radius 3 is 2.25 bits per heavy atom. The molecule has 0 aliphatic carbocycles. The second-order valence-corrected chi connectivity index (χ2v) is 9.74. The lowest BCUT2D eigenvalue weighted by atomic mass is 9.91. The highest BCUT2D eigenvalue weighted by molar-refractivity contribution is 8.15. The molecule has 0 spiro atoms. The summed E-state index contributed by atoms with van der Waals surface area (Å²) in [5.74, 6) is 0.635. The number of thioether (sulfide) groups is 1. The zero-order valence-corrected chi connectivity index (χ0v) is 19.5. The number of phenolic OH excluding ortho intramolecular Hbond substituents is 2. The van der Waals surface area contributed by atoms with Gasteiger partial charge in [-0.1, -0.05) is 23.9 Å². The molecule has 172 valence electrons. The van der Waals surface area contributed by atoms with Crippen molar-refractivity contribution >= 4 is 22.9 Å². The van der Waals surface area contributed by atoms with E-state index in [1.165, 1.54) is 0 Å². The fourth-order valence-corrected chi connectivity index (χ4v) is 4.52. The third-order valence-electron chi connectivity index (χ3n) is 5.94. The number of ether oxygens (including phenoxy) is 1. The average Bonchev–Trinajstić information content (AvgIpc) is 3.07. The van der Waals surface area contributed by atoms with E-state index in [1.54, 1.807) is 39.8 Å². The van der Waals surface area contributed by atoms with Crippen LogP contribution in [0.1, 0.15) is 41.2 Å². The van der Waals surface area contributed by atoms with Crippen molar-refractivity contribution in [1.82, 2.24) is 5.32 Å². The van der Waals surface area contributed by atoms with Crippen LogP contribution in [-0.4, -0.2) is 43.9 Å². The molecule has 1 aliphatic heterocycles. The minimum atomic E-state index is -1.15. The molecular formula is C24H29NO6S. The van der Waals surface area contributed by atoms with E-state index in [4.69, 9.17) is 4.74 Å². The van der Waals surface area contributed by atoms with Gasteiger partial charge >= 0.3 is 0 Å². The van der Waals surface area contributed by atoms with E-state index in [0.29, 0.717) is 47.3 Å². The number of imide groups is 1. The Bertz CT molecular complexity index is 1000. The van der Waals surface area contributed by atoms with Gasteiger partial charge in [0.2, 0.25) is 5.91 Å². The van der Waals surface area contributed by atoms with Crippen molar-refractivity contribution in [3.05, 3.63) is 52.1 Å². The lowest BCUT2D eigenvalue weighted by Crippen LogP contribution is -2.33. The third-order valence-corrected chi connectivity index (χ3v) is 6.92. The topological polar surface area (TPSA) is 116 Å². The van der Waals surface area contributed by atoms with Crippen LogP contribution in [0.2, 0.25) is 0 Å². The van der Waals surface area contributed by atoms with Crippen LogP contribution in [0.25, 0.3) is 0 Å². The molecule has 2 atom stereocenters. The number of carbonyl (C=O) groups excluding carboxylic acids is 2. The fourth-order valence-electron chi connectivity index (χ4n) is 3.66. The number of amides is 2. The van der Waals surface area contributed by atoms with E-state index < -0.39 is 10.9 Å². The van der Waals surface area contributed by atoms with Crippen molar-refractivity contribution in [2.75, 3.05) is 6.61 Å². The number of phenols is 2. The van der Waals surface area contributed by atoms with Crippen molar-refractivity contribution in [2.45, 2.75) is 57.8 Å². The number of hydrogen-bond donors (Lipinski definition) is 4. The van der Waals surface area contributed by atoms with Gasteiger partial charge in [0.25, 0.3) is 5.24 Å². The average molecular weight is 460 g/mol. The number of rotatable bonds is 8. The minimum Gasteiger partial charge on any atom is -0.507 e. The van der Waals surface area contributed by atoms with Gasteiger partial charge in [-0.2, -0.15) is 0 Å². The molecule has 8 heteroatoms. The molecule has 1 heterocycles. The largest absolute Gasteiger partial charge is 0.507 e. The number of nitrogens with one attached hydrogen (secondary N) is 1. The van der Waals surface area contributed by atoms with E-state index in [1.807, 2.05) is 12.1 Å². The van der Waals surface area contributed by atoms with E-state index in [2.05, 4.69) is 5.32 Å². The summed E-state index contributed by atoms with van der Waals surface area (Å²) in [4.78, 5) is 23.0. The molecule has 1 saturated heterocycles. The standard InChI is InChI=1S/C24H29NO6S/c1-13-14(2)21(27)18(15(3)20(13)26)9-10-24(4,30)12-31-17-7-5-16(6-8-17)11-19-22(28)25-23(29)32-19/h5-8,19,26-27,30H,9-12H2,1-4H3,(H,25,28,29). The van der Waals surface area contributed by atoms with Gasteiger partial charge in [0, 0.05) is 5.56 Å². The number of aromatic hydroxyl groups is 2. The first kappa shape index (κ1) is 23.9. The van der Waals surface area contributed by atoms with E-state index in [9.17, 15) is 24.9 Å². The molecule has 2 amide bonds. The Morgan fingerprint density at radius 1 is 1.03 bits per heavy atom. The van der Waals surface area contributed by atoms with E-state index in [-0.39, 0.29) is 29.3 Å². The second-order valence-electron chi connectivity index (χ2n) is 8.57. The van der Waals surface area contributed by atoms with Gasteiger partial charge in [0.05, 0.1) is 10.9 Å². The van der Waals surface area contributed by atoms with Crippen LogP contribution in [0.4, 0.5) is 4.79 Å². The van der Waals surface area contributed by atoms with E-state index >= 15 is 0 Å². The Morgan fingerprint density at radius 2 is 1.66 bits per heavy atom. The summed E-state index contributed by atoms with van der Waals surface area (Å²) >= 11 is 0.997. The summed E-state index contributed by atoms with van der Waals surface area (Å²) < 4.78 is 5.75. The Kier molecular flexibility index (Phi) is 7.05. The molecule has 0 radical (unpaired) electrons. The number of hydrogen-bond acceptors (Lipinski definition) is 7. The molecule has 2 aromatic rings. The van der Waals surface area contributed by atoms with Crippen molar-refractivity contribution in [3.8, 4) is 17.2 Å². The second kappa shape index (κ2) is 9.42. The minimum absolute atomic E-state index is 0.0539. The van der Waals surface area contributed by atoms with Crippen LogP contribution in [0.15, 0.2) is 24.3 Å². The molecule has 7 nitrogen and oxygen atoms in total. The zero-order valence-electron chi connectivity index (χ0n) is 18.7. The summed E-state index contributed by atoms with van der Waals surface area (Å²) in [6.45, 7) is 7.00. The van der Waals surface area contributed by atoms with Gasteiger partial charge in [-0.25, -0.2) is 0 Å². The van der Waals surface area contributed by atoms with Crippen LogP contribution in [0.3, 0.4) is 0 Å². The third kappa shape index (κ3) is 5.37. The maximum Gasteiger partial charge on any atom is 0.286 e. The molecule has 0 bridgehead atoms. The molecule has 2 unspecified atom stereocenters. The first-order chi connectivity index (χ1) is 15.0. The summed E-state index contributed by atoms with van der Waals surface area (Å²) in [6, 6.07) is 7.20. The monoisotopic (exact) mass is 459 g/mol. The molecule has 0 saturated carbocycles. The van der Waals surface area contributed by atoms with Crippen LogP contribution < -0.4 is 10.1 Å². The van der Waals surface area contributed by atoms with Crippen molar-refractivity contribution in [1.29, 1.82) is 0 Å². The lowest BCUT2D eigenvalue weighted by molar-refractivity contribution is -0.118. The normalized spacial score (nSPS) is 17.8. The molecular weight excluding hydrogens is 430 g/mol. The molecule has 3 rings (SSSR count). The fraction of sp³-hybridized carbons (Fsp3) is 0.417. The van der Waals surface area contributed by atoms with Crippen molar-refractivity contribution < 1.29 is 29.6 Å². The Balaban J connectivity index is 1.56. The predicted molar refractivity (Wildman–Crippen MR) is 123 cm³/mol. The zero-order chi connectivity index (χ0) is 23.6. The highest BCUT2D eigenvalue weighted by Gasteiger charge is 2.31. The van der Waals surface area contributed by atoms with Crippen LogP contribution in [0.5, 0.6) is 17.2 Å².